The molecule has 1 aromatic heterocycles. The van der Waals surface area contributed by atoms with Crippen LogP contribution in [0.4, 0.5) is 4.39 Å². The van der Waals surface area contributed by atoms with E-state index in [1.54, 1.807) is 32.0 Å². The third-order valence-electron chi connectivity index (χ3n) is 3.33. The van der Waals surface area contributed by atoms with E-state index in [1.807, 2.05) is 0 Å². The molecule has 0 radical (unpaired) electrons. The van der Waals surface area contributed by atoms with Gasteiger partial charge in [-0.05, 0) is 37.6 Å². The molecule has 2 N–H and O–H groups in total. The van der Waals surface area contributed by atoms with Crippen molar-refractivity contribution < 1.29 is 13.9 Å². The third-order valence-corrected chi connectivity index (χ3v) is 3.33. The van der Waals surface area contributed by atoms with Crippen LogP contribution < -0.4 is 16.0 Å². The van der Waals surface area contributed by atoms with E-state index >= 15 is 0 Å². The summed E-state index contributed by atoms with van der Waals surface area (Å²) in [6, 6.07) is 7.48. The molecule has 0 unspecified atom stereocenters. The molecule has 0 fully saturated rings. The average molecular weight is 304 g/mol. The molecule has 0 aliphatic rings. The van der Waals surface area contributed by atoms with E-state index in [9.17, 15) is 14.0 Å². The molecule has 1 amide bonds. The Balaban J connectivity index is 2.18. The zero-order valence-electron chi connectivity index (χ0n) is 12.4. The lowest BCUT2D eigenvalue weighted by atomic mass is 10.1. The number of benzene rings is 1. The van der Waals surface area contributed by atoms with Gasteiger partial charge in [0.1, 0.15) is 23.7 Å². The van der Waals surface area contributed by atoms with Crippen molar-refractivity contribution in [3.8, 4) is 5.75 Å². The Morgan fingerprint density at radius 1 is 1.32 bits per heavy atom. The topological polar surface area (TPSA) is 74.3 Å². The van der Waals surface area contributed by atoms with Gasteiger partial charge < -0.3 is 15.0 Å². The minimum Gasteiger partial charge on any atom is -0.492 e. The Hall–Kier alpha value is -2.63. The van der Waals surface area contributed by atoms with E-state index in [0.717, 1.165) is 0 Å². The Bertz CT molecular complexity index is 768. The number of pyridine rings is 1. The van der Waals surface area contributed by atoms with E-state index in [4.69, 9.17) is 10.5 Å². The molecule has 6 heteroatoms. The summed E-state index contributed by atoms with van der Waals surface area (Å²) in [5.41, 5.74) is 6.05. The van der Waals surface area contributed by atoms with E-state index in [-0.39, 0.29) is 18.7 Å². The van der Waals surface area contributed by atoms with Crippen LogP contribution in [-0.2, 0) is 6.54 Å². The molecule has 0 atom stereocenters. The van der Waals surface area contributed by atoms with E-state index in [1.165, 1.54) is 16.7 Å². The molecule has 0 bridgehead atoms. The van der Waals surface area contributed by atoms with Crippen LogP contribution in [0, 0.1) is 19.7 Å². The number of nitrogens with two attached hydrogens (primary N) is 1. The molecule has 1 aromatic carbocycles. The van der Waals surface area contributed by atoms with Crippen molar-refractivity contribution in [2.24, 2.45) is 5.73 Å². The van der Waals surface area contributed by atoms with Crippen LogP contribution >= 0.6 is 0 Å². The molecule has 5 nitrogen and oxygen atoms in total. The SMILES string of the molecule is Cc1cc(C)n(CCOc2cccc(F)c2)c(=O)c1C(N)=O. The molecule has 0 saturated carbocycles. The fourth-order valence-electron chi connectivity index (χ4n) is 2.32. The minimum atomic E-state index is -0.748. The summed E-state index contributed by atoms with van der Waals surface area (Å²) in [6.45, 7) is 3.84. The summed E-state index contributed by atoms with van der Waals surface area (Å²) >= 11 is 0. The van der Waals surface area contributed by atoms with Crippen molar-refractivity contribution in [3.63, 3.8) is 0 Å². The first-order valence-corrected chi connectivity index (χ1v) is 6.79. The lowest BCUT2D eigenvalue weighted by Gasteiger charge is -2.13. The largest absolute Gasteiger partial charge is 0.492 e. The lowest BCUT2D eigenvalue weighted by molar-refractivity contribution is 0.0997. The van der Waals surface area contributed by atoms with Gasteiger partial charge in [0, 0.05) is 11.8 Å². The minimum absolute atomic E-state index is 0.0173. The summed E-state index contributed by atoms with van der Waals surface area (Å²) in [5.74, 6) is -0.757. The maximum absolute atomic E-state index is 13.0. The molecular weight excluding hydrogens is 287 g/mol. The van der Waals surface area contributed by atoms with Gasteiger partial charge in [-0.15, -0.1) is 0 Å². The Labute approximate surface area is 127 Å². The van der Waals surface area contributed by atoms with Gasteiger partial charge in [0.05, 0.1) is 6.54 Å². The van der Waals surface area contributed by atoms with Crippen LogP contribution in [0.5, 0.6) is 5.75 Å². The number of aryl methyl sites for hydroxylation is 2. The number of primary amides is 1. The Morgan fingerprint density at radius 3 is 2.68 bits per heavy atom. The van der Waals surface area contributed by atoms with Gasteiger partial charge in [0.25, 0.3) is 11.5 Å². The highest BCUT2D eigenvalue weighted by Gasteiger charge is 2.14. The summed E-state index contributed by atoms with van der Waals surface area (Å²) in [6.07, 6.45) is 0. The molecule has 1 heterocycles. The molecule has 22 heavy (non-hydrogen) atoms. The Kier molecular flexibility index (Phi) is 4.60. The Morgan fingerprint density at radius 2 is 2.05 bits per heavy atom. The predicted octanol–water partition coefficient (Wildman–Crippen LogP) is 1.78. The first kappa shape index (κ1) is 15.8. The fraction of sp³-hybridized carbons (Fsp3) is 0.250. The van der Waals surface area contributed by atoms with Crippen molar-refractivity contribution in [3.05, 3.63) is 63.3 Å². The molecule has 0 saturated heterocycles. The maximum Gasteiger partial charge on any atom is 0.263 e. The number of carbonyl (C=O) groups excluding carboxylic acids is 1. The standard InChI is InChI=1S/C16H17FN2O3/c1-10-8-11(2)19(16(21)14(10)15(18)20)6-7-22-13-5-3-4-12(17)9-13/h3-5,8-9H,6-7H2,1-2H3,(H2,18,20). The summed E-state index contributed by atoms with van der Waals surface area (Å²) in [7, 11) is 0. The second-order valence-electron chi connectivity index (χ2n) is 4.97. The second-order valence-corrected chi connectivity index (χ2v) is 4.97. The number of hydrogen-bond donors (Lipinski definition) is 1. The molecule has 2 aromatic rings. The zero-order chi connectivity index (χ0) is 16.3. The average Bonchev–Trinajstić information content (AvgIpc) is 2.41. The van der Waals surface area contributed by atoms with Crippen LogP contribution in [0.3, 0.4) is 0 Å². The second kappa shape index (κ2) is 6.43. The highest BCUT2D eigenvalue weighted by molar-refractivity contribution is 5.93. The lowest BCUT2D eigenvalue weighted by Crippen LogP contribution is -2.33. The highest BCUT2D eigenvalue weighted by Crippen LogP contribution is 2.12. The smallest absolute Gasteiger partial charge is 0.263 e. The van der Waals surface area contributed by atoms with Crippen molar-refractivity contribution in [1.82, 2.24) is 4.57 Å². The number of rotatable bonds is 5. The number of aromatic nitrogens is 1. The van der Waals surface area contributed by atoms with Crippen LogP contribution in [0.1, 0.15) is 21.6 Å². The van der Waals surface area contributed by atoms with Gasteiger partial charge in [-0.25, -0.2) is 4.39 Å². The number of halogens is 1. The maximum atomic E-state index is 13.0. The van der Waals surface area contributed by atoms with Crippen LogP contribution in [0.25, 0.3) is 0 Å². The molecule has 2 rings (SSSR count). The molecule has 0 aliphatic heterocycles. The monoisotopic (exact) mass is 304 g/mol. The van der Waals surface area contributed by atoms with Gasteiger partial charge in [-0.3, -0.25) is 9.59 Å². The molecule has 0 spiro atoms. The summed E-state index contributed by atoms with van der Waals surface area (Å²) in [5, 5.41) is 0. The van der Waals surface area contributed by atoms with E-state index in [0.29, 0.717) is 17.0 Å². The van der Waals surface area contributed by atoms with Crippen molar-refractivity contribution in [1.29, 1.82) is 0 Å². The zero-order valence-corrected chi connectivity index (χ0v) is 12.4. The number of ether oxygens (including phenoxy) is 1. The predicted molar refractivity (Wildman–Crippen MR) is 80.6 cm³/mol. The van der Waals surface area contributed by atoms with Gasteiger partial charge in [0.15, 0.2) is 0 Å². The fourth-order valence-corrected chi connectivity index (χ4v) is 2.32. The molecule has 0 aliphatic carbocycles. The van der Waals surface area contributed by atoms with E-state index in [2.05, 4.69) is 0 Å². The number of nitrogens with zero attached hydrogens (tertiary/aromatic N) is 1. The van der Waals surface area contributed by atoms with Gasteiger partial charge in [0.2, 0.25) is 0 Å². The first-order chi connectivity index (χ1) is 10.4. The highest BCUT2D eigenvalue weighted by atomic mass is 19.1. The number of amides is 1. The first-order valence-electron chi connectivity index (χ1n) is 6.79. The van der Waals surface area contributed by atoms with Gasteiger partial charge in [-0.1, -0.05) is 6.07 Å². The number of hydrogen-bond acceptors (Lipinski definition) is 3. The summed E-state index contributed by atoms with van der Waals surface area (Å²) in [4.78, 5) is 23.7. The molecular formula is C16H17FN2O3. The van der Waals surface area contributed by atoms with Crippen LogP contribution in [-0.4, -0.2) is 17.1 Å². The van der Waals surface area contributed by atoms with Crippen LogP contribution in [0.2, 0.25) is 0 Å². The van der Waals surface area contributed by atoms with Crippen LogP contribution in [0.15, 0.2) is 35.1 Å². The van der Waals surface area contributed by atoms with Gasteiger partial charge >= 0.3 is 0 Å². The summed E-state index contributed by atoms with van der Waals surface area (Å²) < 4.78 is 19.9. The quantitative estimate of drug-likeness (QED) is 0.915. The van der Waals surface area contributed by atoms with E-state index < -0.39 is 17.3 Å². The van der Waals surface area contributed by atoms with Crippen molar-refractivity contribution >= 4 is 5.91 Å². The third kappa shape index (κ3) is 3.33. The van der Waals surface area contributed by atoms with Gasteiger partial charge in [-0.2, -0.15) is 0 Å². The van der Waals surface area contributed by atoms with Crippen molar-refractivity contribution in [2.45, 2.75) is 20.4 Å². The van der Waals surface area contributed by atoms with Crippen molar-refractivity contribution in [2.75, 3.05) is 6.61 Å². The normalized spacial score (nSPS) is 10.5. The number of carbonyl (C=O) groups is 1. The molecule has 116 valence electrons.